The zero-order chi connectivity index (χ0) is 31.9. The van der Waals surface area contributed by atoms with E-state index in [9.17, 15) is 0 Å². The van der Waals surface area contributed by atoms with E-state index in [2.05, 4.69) is 97.1 Å². The summed E-state index contributed by atoms with van der Waals surface area (Å²) in [5.41, 5.74) is 10.9. The summed E-state index contributed by atoms with van der Waals surface area (Å²) in [7, 11) is 0. The van der Waals surface area contributed by atoms with Gasteiger partial charge in [-0.2, -0.15) is 0 Å². The number of hydrogen-bond acceptors (Lipinski definition) is 4. The van der Waals surface area contributed by atoms with E-state index in [1.54, 1.807) is 0 Å². The van der Waals surface area contributed by atoms with Crippen molar-refractivity contribution in [2.24, 2.45) is 0 Å². The number of hydrogen-bond donors (Lipinski definition) is 0. The van der Waals surface area contributed by atoms with Crippen molar-refractivity contribution in [3.05, 3.63) is 163 Å². The molecule has 8 aromatic rings. The molecule has 4 heteroatoms. The van der Waals surface area contributed by atoms with E-state index in [4.69, 9.17) is 19.9 Å². The molecule has 4 nitrogen and oxygen atoms in total. The minimum atomic E-state index is 0.648. The van der Waals surface area contributed by atoms with Gasteiger partial charge in [-0.1, -0.05) is 152 Å². The van der Waals surface area contributed by atoms with Crippen LogP contribution in [0, 0.1) is 0 Å². The lowest BCUT2D eigenvalue weighted by molar-refractivity contribution is 0.982. The highest BCUT2D eigenvalue weighted by molar-refractivity contribution is 6.03. The second-order valence-corrected chi connectivity index (χ2v) is 12.1. The highest BCUT2D eigenvalue weighted by Gasteiger charge is 2.20. The fourth-order valence-corrected chi connectivity index (χ4v) is 6.87. The molecule has 2 aromatic heterocycles. The van der Waals surface area contributed by atoms with Crippen molar-refractivity contribution >= 4 is 27.8 Å². The summed E-state index contributed by atoms with van der Waals surface area (Å²) in [6, 6.07) is 50.4. The lowest BCUT2D eigenvalue weighted by atomic mass is 9.89. The van der Waals surface area contributed by atoms with Crippen molar-refractivity contribution < 1.29 is 0 Å². The van der Waals surface area contributed by atoms with Crippen LogP contribution in [0.1, 0.15) is 17.5 Å². The molecule has 2 heterocycles. The number of benzene rings is 6. The maximum atomic E-state index is 5.18. The van der Waals surface area contributed by atoms with Crippen LogP contribution in [0.4, 0.5) is 0 Å². The molecule has 0 unspecified atom stereocenters. The molecule has 0 fully saturated rings. The molecule has 0 saturated carbocycles. The van der Waals surface area contributed by atoms with E-state index in [-0.39, 0.29) is 0 Å². The molecule has 1 aliphatic carbocycles. The van der Waals surface area contributed by atoms with E-state index >= 15 is 0 Å². The van der Waals surface area contributed by atoms with E-state index in [1.165, 1.54) is 16.5 Å². The smallest absolute Gasteiger partial charge is 0.165 e. The Bertz CT molecular complexity index is 2430. The van der Waals surface area contributed by atoms with E-state index in [0.29, 0.717) is 17.5 Å². The SMILES string of the molecule is C1=Cc2c(c(-c3ccc(-c4ccc5ccccc5c4-c4nc(-c5ccccc5)nc(-c5ccccc5)n4)cc3)nc3ccccc23)CC1. The molecule has 1 aliphatic rings. The first-order valence-electron chi connectivity index (χ1n) is 16.4. The number of nitrogens with zero attached hydrogens (tertiary/aromatic N) is 4. The molecule has 0 saturated heterocycles. The standard InChI is InChI=1S/C44H30N4/c1-3-14-32(15-4-1)42-46-43(33-16-5-2-6-17-33)48-44(47-42)40-34-18-8-7-13-29(34)27-28-35(40)30-23-25-31(26-24-30)41-38-21-10-9-19-36(38)37-20-11-12-22-39(37)45-41/h1-9,11-20,22-28H,10,21H2. The van der Waals surface area contributed by atoms with Crippen LogP contribution in [-0.2, 0) is 6.42 Å². The topological polar surface area (TPSA) is 51.6 Å². The lowest BCUT2D eigenvalue weighted by Gasteiger charge is -2.18. The van der Waals surface area contributed by atoms with Crippen LogP contribution in [0.3, 0.4) is 0 Å². The van der Waals surface area contributed by atoms with Crippen LogP contribution in [0.25, 0.3) is 84.3 Å². The van der Waals surface area contributed by atoms with Gasteiger partial charge >= 0.3 is 0 Å². The van der Waals surface area contributed by atoms with Gasteiger partial charge in [0.1, 0.15) is 0 Å². The minimum absolute atomic E-state index is 0.648. The molecule has 0 amide bonds. The van der Waals surface area contributed by atoms with Gasteiger partial charge in [-0.3, -0.25) is 0 Å². The summed E-state index contributed by atoms with van der Waals surface area (Å²) < 4.78 is 0. The summed E-state index contributed by atoms with van der Waals surface area (Å²) in [6.45, 7) is 0. The molecule has 0 spiro atoms. The fourth-order valence-electron chi connectivity index (χ4n) is 6.87. The van der Waals surface area contributed by atoms with Crippen LogP contribution in [0.2, 0.25) is 0 Å². The van der Waals surface area contributed by atoms with Gasteiger partial charge in [0.05, 0.1) is 11.2 Å². The average Bonchev–Trinajstić information content (AvgIpc) is 3.18. The van der Waals surface area contributed by atoms with Crippen LogP contribution < -0.4 is 0 Å². The van der Waals surface area contributed by atoms with E-state index < -0.39 is 0 Å². The van der Waals surface area contributed by atoms with Gasteiger partial charge < -0.3 is 0 Å². The number of pyridine rings is 1. The van der Waals surface area contributed by atoms with Crippen LogP contribution in [0.15, 0.2) is 152 Å². The minimum Gasteiger partial charge on any atom is -0.247 e. The number of allylic oxidation sites excluding steroid dienone is 1. The zero-order valence-corrected chi connectivity index (χ0v) is 26.2. The van der Waals surface area contributed by atoms with E-state index in [1.807, 2.05) is 60.7 Å². The van der Waals surface area contributed by atoms with Crippen LogP contribution in [-0.4, -0.2) is 19.9 Å². The zero-order valence-electron chi connectivity index (χ0n) is 26.2. The summed E-state index contributed by atoms with van der Waals surface area (Å²) in [5, 5.41) is 3.45. The van der Waals surface area contributed by atoms with Crippen molar-refractivity contribution in [1.82, 2.24) is 19.9 Å². The summed E-state index contributed by atoms with van der Waals surface area (Å²) >= 11 is 0. The van der Waals surface area contributed by atoms with Gasteiger partial charge in [-0.25, -0.2) is 19.9 Å². The molecule has 6 aromatic carbocycles. The van der Waals surface area contributed by atoms with Crippen LogP contribution >= 0.6 is 0 Å². The van der Waals surface area contributed by atoms with Crippen molar-refractivity contribution in [2.75, 3.05) is 0 Å². The lowest BCUT2D eigenvalue weighted by Crippen LogP contribution is -2.02. The van der Waals surface area contributed by atoms with Crippen molar-refractivity contribution in [1.29, 1.82) is 0 Å². The summed E-state index contributed by atoms with van der Waals surface area (Å²) in [4.78, 5) is 20.4. The van der Waals surface area contributed by atoms with Gasteiger partial charge in [-0.15, -0.1) is 0 Å². The second kappa shape index (κ2) is 11.8. The largest absolute Gasteiger partial charge is 0.247 e. The Morgan fingerprint density at radius 3 is 1.77 bits per heavy atom. The Morgan fingerprint density at radius 2 is 1.04 bits per heavy atom. The van der Waals surface area contributed by atoms with Gasteiger partial charge in [0.25, 0.3) is 0 Å². The number of para-hydroxylation sites is 1. The summed E-state index contributed by atoms with van der Waals surface area (Å²) in [6.07, 6.45) is 6.56. The summed E-state index contributed by atoms with van der Waals surface area (Å²) in [5.74, 6) is 1.94. The molecular formula is C44H30N4. The first-order chi connectivity index (χ1) is 23.8. The third-order valence-corrected chi connectivity index (χ3v) is 9.20. The quantitative estimate of drug-likeness (QED) is 0.194. The normalized spacial score (nSPS) is 12.3. The number of rotatable bonds is 5. The predicted octanol–water partition coefficient (Wildman–Crippen LogP) is 10.9. The van der Waals surface area contributed by atoms with Gasteiger partial charge in [0.15, 0.2) is 17.5 Å². The van der Waals surface area contributed by atoms with E-state index in [0.717, 1.165) is 68.2 Å². The Balaban J connectivity index is 1.23. The van der Waals surface area contributed by atoms with Gasteiger partial charge in [0, 0.05) is 27.6 Å². The second-order valence-electron chi connectivity index (χ2n) is 12.1. The van der Waals surface area contributed by atoms with Crippen molar-refractivity contribution in [3.8, 4) is 56.5 Å². The Kier molecular flexibility index (Phi) is 6.90. The molecule has 48 heavy (non-hydrogen) atoms. The van der Waals surface area contributed by atoms with Crippen LogP contribution in [0.5, 0.6) is 0 Å². The highest BCUT2D eigenvalue weighted by atomic mass is 15.0. The molecule has 0 radical (unpaired) electrons. The van der Waals surface area contributed by atoms with Crippen molar-refractivity contribution in [3.63, 3.8) is 0 Å². The predicted molar refractivity (Wildman–Crippen MR) is 197 cm³/mol. The fraction of sp³-hybridized carbons (Fsp3) is 0.0455. The average molecular weight is 615 g/mol. The highest BCUT2D eigenvalue weighted by Crippen LogP contribution is 2.40. The Hall–Kier alpha value is -6.26. The maximum absolute atomic E-state index is 5.18. The first-order valence-corrected chi connectivity index (χ1v) is 16.4. The molecule has 0 N–H and O–H groups in total. The number of fused-ring (bicyclic) bond motifs is 4. The Morgan fingerprint density at radius 1 is 0.438 bits per heavy atom. The maximum Gasteiger partial charge on any atom is 0.165 e. The molecule has 9 rings (SSSR count). The first kappa shape index (κ1) is 28.0. The van der Waals surface area contributed by atoms with Gasteiger partial charge in [0.2, 0.25) is 0 Å². The number of aromatic nitrogens is 4. The molecule has 226 valence electrons. The molecular weight excluding hydrogens is 585 g/mol. The van der Waals surface area contributed by atoms with Gasteiger partial charge in [-0.05, 0) is 51.9 Å². The Labute approximate surface area is 279 Å². The third kappa shape index (κ3) is 4.95. The van der Waals surface area contributed by atoms with Crippen molar-refractivity contribution in [2.45, 2.75) is 12.8 Å². The molecule has 0 bridgehead atoms. The third-order valence-electron chi connectivity index (χ3n) is 9.20. The molecule has 0 aliphatic heterocycles. The molecule has 0 atom stereocenters. The monoisotopic (exact) mass is 614 g/mol.